The molecule has 1 aliphatic rings. The van der Waals surface area contributed by atoms with Crippen LogP contribution in [0.4, 0.5) is 0 Å². The van der Waals surface area contributed by atoms with Crippen LogP contribution in [0.2, 0.25) is 0 Å². The monoisotopic (exact) mass is 239 g/mol. The van der Waals surface area contributed by atoms with Crippen LogP contribution in [0.3, 0.4) is 0 Å². The molecule has 0 aliphatic carbocycles. The Labute approximate surface area is 110 Å². The first-order valence-electron chi connectivity index (χ1n) is 6.54. The SMILES string of the molecule is C=CCC1=CC(CC=C)(c2ccccc2)CCN1. The van der Waals surface area contributed by atoms with E-state index < -0.39 is 0 Å². The van der Waals surface area contributed by atoms with Crippen molar-refractivity contribution in [2.45, 2.75) is 24.7 Å². The molecule has 1 aliphatic heterocycles. The minimum atomic E-state index is 0.104. The van der Waals surface area contributed by atoms with Crippen molar-refractivity contribution in [2.24, 2.45) is 0 Å². The van der Waals surface area contributed by atoms with Crippen molar-refractivity contribution >= 4 is 0 Å². The van der Waals surface area contributed by atoms with Gasteiger partial charge in [-0.15, -0.1) is 13.2 Å². The van der Waals surface area contributed by atoms with Gasteiger partial charge in [-0.25, -0.2) is 0 Å². The van der Waals surface area contributed by atoms with Gasteiger partial charge in [0.25, 0.3) is 0 Å². The Morgan fingerprint density at radius 3 is 2.61 bits per heavy atom. The minimum absolute atomic E-state index is 0.104. The summed E-state index contributed by atoms with van der Waals surface area (Å²) in [6.45, 7) is 8.76. The largest absolute Gasteiger partial charge is 0.388 e. The quantitative estimate of drug-likeness (QED) is 0.767. The molecule has 1 atom stereocenters. The third-order valence-electron chi connectivity index (χ3n) is 3.60. The topological polar surface area (TPSA) is 12.0 Å². The zero-order chi connectivity index (χ0) is 12.8. The summed E-state index contributed by atoms with van der Waals surface area (Å²) in [6.07, 6.45) is 9.36. The van der Waals surface area contributed by atoms with Crippen LogP contribution < -0.4 is 5.32 Å². The lowest BCUT2D eigenvalue weighted by molar-refractivity contribution is 0.451. The second-order valence-corrected chi connectivity index (χ2v) is 4.85. The third-order valence-corrected chi connectivity index (χ3v) is 3.60. The predicted octanol–water partition coefficient (Wildman–Crippen LogP) is 3.95. The molecule has 94 valence electrons. The molecule has 0 fully saturated rings. The molecule has 1 nitrogen and oxygen atoms in total. The fraction of sp³-hybridized carbons (Fsp3) is 0.294. The molecule has 0 radical (unpaired) electrons. The number of benzene rings is 1. The molecule has 0 saturated carbocycles. The van der Waals surface area contributed by atoms with E-state index >= 15 is 0 Å². The summed E-state index contributed by atoms with van der Waals surface area (Å²) in [7, 11) is 0. The number of hydrogen-bond acceptors (Lipinski definition) is 1. The molecular weight excluding hydrogens is 218 g/mol. The average Bonchev–Trinajstić information content (AvgIpc) is 2.41. The zero-order valence-corrected chi connectivity index (χ0v) is 10.9. The molecular formula is C17H21N. The van der Waals surface area contributed by atoms with Gasteiger partial charge in [0.15, 0.2) is 0 Å². The van der Waals surface area contributed by atoms with Crippen LogP contribution in [-0.4, -0.2) is 6.54 Å². The van der Waals surface area contributed by atoms with Crippen molar-refractivity contribution in [1.82, 2.24) is 5.32 Å². The highest BCUT2D eigenvalue weighted by atomic mass is 14.9. The smallest absolute Gasteiger partial charge is 0.0203 e. The van der Waals surface area contributed by atoms with Crippen LogP contribution in [0.25, 0.3) is 0 Å². The summed E-state index contributed by atoms with van der Waals surface area (Å²) >= 11 is 0. The third kappa shape index (κ3) is 2.56. The summed E-state index contributed by atoms with van der Waals surface area (Å²) in [6, 6.07) is 10.7. The normalized spacial score (nSPS) is 22.8. The minimum Gasteiger partial charge on any atom is -0.388 e. The maximum Gasteiger partial charge on any atom is 0.0203 e. The molecule has 0 aromatic heterocycles. The van der Waals surface area contributed by atoms with Gasteiger partial charge in [-0.3, -0.25) is 0 Å². The molecule has 1 aromatic rings. The lowest BCUT2D eigenvalue weighted by atomic mass is 9.72. The van der Waals surface area contributed by atoms with E-state index in [0.29, 0.717) is 0 Å². The predicted molar refractivity (Wildman–Crippen MR) is 78.5 cm³/mol. The van der Waals surface area contributed by atoms with Gasteiger partial charge in [-0.05, 0) is 18.4 Å². The Hall–Kier alpha value is -1.76. The highest BCUT2D eigenvalue weighted by Crippen LogP contribution is 2.36. The molecule has 0 spiro atoms. The van der Waals surface area contributed by atoms with Crippen LogP contribution in [-0.2, 0) is 5.41 Å². The highest BCUT2D eigenvalue weighted by molar-refractivity contribution is 5.35. The van der Waals surface area contributed by atoms with Gasteiger partial charge in [-0.2, -0.15) is 0 Å². The number of allylic oxidation sites excluding steroid dienone is 3. The van der Waals surface area contributed by atoms with Gasteiger partial charge in [0.05, 0.1) is 0 Å². The van der Waals surface area contributed by atoms with E-state index in [1.54, 1.807) is 0 Å². The summed E-state index contributed by atoms with van der Waals surface area (Å²) in [5, 5.41) is 3.46. The van der Waals surface area contributed by atoms with E-state index in [1.165, 1.54) is 11.3 Å². The van der Waals surface area contributed by atoms with E-state index in [-0.39, 0.29) is 5.41 Å². The van der Waals surface area contributed by atoms with Crippen molar-refractivity contribution in [1.29, 1.82) is 0 Å². The Bertz CT molecular complexity index is 444. The fourth-order valence-electron chi connectivity index (χ4n) is 2.72. The van der Waals surface area contributed by atoms with Gasteiger partial charge in [0, 0.05) is 24.1 Å². The second kappa shape index (κ2) is 5.72. The zero-order valence-electron chi connectivity index (χ0n) is 10.9. The molecule has 1 aromatic carbocycles. The standard InChI is InChI=1S/C17H21N/c1-3-8-16-14-17(11-4-2,12-13-18-16)15-9-6-5-7-10-15/h3-7,9-10,14,18H,1-2,8,11-13H2. The molecule has 0 amide bonds. The first-order valence-corrected chi connectivity index (χ1v) is 6.54. The number of nitrogens with one attached hydrogen (secondary N) is 1. The summed E-state index contributed by atoms with van der Waals surface area (Å²) < 4.78 is 0. The molecule has 0 saturated heterocycles. The fourth-order valence-corrected chi connectivity index (χ4v) is 2.72. The second-order valence-electron chi connectivity index (χ2n) is 4.85. The van der Waals surface area contributed by atoms with Crippen LogP contribution in [0, 0.1) is 0 Å². The molecule has 0 bridgehead atoms. The lowest BCUT2D eigenvalue weighted by Gasteiger charge is -2.35. The van der Waals surface area contributed by atoms with Crippen LogP contribution >= 0.6 is 0 Å². The number of rotatable bonds is 5. The van der Waals surface area contributed by atoms with Crippen LogP contribution in [0.5, 0.6) is 0 Å². The van der Waals surface area contributed by atoms with Crippen molar-refractivity contribution in [3.63, 3.8) is 0 Å². The van der Waals surface area contributed by atoms with Crippen molar-refractivity contribution in [2.75, 3.05) is 6.54 Å². The highest BCUT2D eigenvalue weighted by Gasteiger charge is 2.31. The first kappa shape index (κ1) is 12.7. The Morgan fingerprint density at radius 1 is 1.17 bits per heavy atom. The van der Waals surface area contributed by atoms with Gasteiger partial charge >= 0.3 is 0 Å². The van der Waals surface area contributed by atoms with Crippen molar-refractivity contribution < 1.29 is 0 Å². The van der Waals surface area contributed by atoms with Crippen LogP contribution in [0.15, 0.2) is 67.4 Å². The lowest BCUT2D eigenvalue weighted by Crippen LogP contribution is -2.35. The Morgan fingerprint density at radius 2 is 1.94 bits per heavy atom. The maximum atomic E-state index is 3.93. The summed E-state index contributed by atoms with van der Waals surface area (Å²) in [5.74, 6) is 0. The Kier molecular flexibility index (Phi) is 4.03. The maximum absolute atomic E-state index is 3.93. The molecule has 1 heterocycles. The van der Waals surface area contributed by atoms with Gasteiger partial charge < -0.3 is 5.32 Å². The first-order chi connectivity index (χ1) is 8.80. The number of hydrogen-bond donors (Lipinski definition) is 1. The summed E-state index contributed by atoms with van der Waals surface area (Å²) in [4.78, 5) is 0. The van der Waals surface area contributed by atoms with E-state index in [2.05, 4.69) is 54.9 Å². The molecule has 1 heteroatoms. The van der Waals surface area contributed by atoms with E-state index in [0.717, 1.165) is 25.8 Å². The van der Waals surface area contributed by atoms with Gasteiger partial charge in [0.1, 0.15) is 0 Å². The van der Waals surface area contributed by atoms with E-state index in [1.807, 2.05) is 12.2 Å². The molecule has 1 unspecified atom stereocenters. The Balaban J connectivity index is 2.40. The molecule has 1 N–H and O–H groups in total. The van der Waals surface area contributed by atoms with Gasteiger partial charge in [-0.1, -0.05) is 48.6 Å². The van der Waals surface area contributed by atoms with Crippen LogP contribution in [0.1, 0.15) is 24.8 Å². The molecule has 18 heavy (non-hydrogen) atoms. The van der Waals surface area contributed by atoms with E-state index in [9.17, 15) is 0 Å². The molecule has 2 rings (SSSR count). The van der Waals surface area contributed by atoms with Crippen molar-refractivity contribution in [3.8, 4) is 0 Å². The average molecular weight is 239 g/mol. The van der Waals surface area contributed by atoms with E-state index in [4.69, 9.17) is 0 Å². The van der Waals surface area contributed by atoms with Crippen molar-refractivity contribution in [3.05, 3.63) is 73.0 Å². The summed E-state index contributed by atoms with van der Waals surface area (Å²) in [5.41, 5.74) is 2.77. The van der Waals surface area contributed by atoms with Gasteiger partial charge in [0.2, 0.25) is 0 Å².